The number of hydrogen-bond acceptors (Lipinski definition) is 6. The van der Waals surface area contributed by atoms with Crippen LogP contribution in [0.5, 0.6) is 0 Å². The van der Waals surface area contributed by atoms with Gasteiger partial charge in [0.15, 0.2) is 6.10 Å². The molecule has 0 aromatic carbocycles. The second-order valence-electron chi connectivity index (χ2n) is 20.9. The molecule has 78 heavy (non-hydrogen) atoms. The van der Waals surface area contributed by atoms with Crippen LogP contribution in [0.15, 0.2) is 134 Å². The minimum absolute atomic E-state index is 0.0901. The Labute approximate surface area is 481 Å². The number of rotatable bonds is 57. The Hall–Kier alpha value is -4.45. The smallest absolute Gasteiger partial charge is 0.306 e. The molecule has 0 aromatic heterocycles. The molecule has 0 rings (SSSR count). The lowest BCUT2D eigenvalue weighted by Gasteiger charge is -2.18. The number of ether oxygens (including phenoxy) is 3. The van der Waals surface area contributed by atoms with Crippen molar-refractivity contribution in [3.63, 3.8) is 0 Å². The zero-order valence-corrected chi connectivity index (χ0v) is 50.6. The van der Waals surface area contributed by atoms with Crippen LogP contribution in [-0.4, -0.2) is 37.2 Å². The maximum Gasteiger partial charge on any atom is 0.306 e. The number of allylic oxidation sites excluding steroid dienone is 22. The Morgan fingerprint density at radius 3 is 0.782 bits per heavy atom. The molecule has 442 valence electrons. The molecule has 0 fully saturated rings. The van der Waals surface area contributed by atoms with E-state index in [1.54, 1.807) is 0 Å². The summed E-state index contributed by atoms with van der Waals surface area (Å²) in [4.78, 5) is 38.1. The van der Waals surface area contributed by atoms with Crippen molar-refractivity contribution in [2.45, 2.75) is 290 Å². The van der Waals surface area contributed by atoms with Crippen molar-refractivity contribution in [3.05, 3.63) is 134 Å². The monoisotopic (exact) mass is 1080 g/mol. The second-order valence-corrected chi connectivity index (χ2v) is 20.9. The van der Waals surface area contributed by atoms with E-state index in [1.807, 2.05) is 0 Å². The first kappa shape index (κ1) is 73.5. The van der Waals surface area contributed by atoms with E-state index in [4.69, 9.17) is 14.2 Å². The molecule has 0 spiro atoms. The van der Waals surface area contributed by atoms with Gasteiger partial charge in [0.2, 0.25) is 0 Å². The van der Waals surface area contributed by atoms with Gasteiger partial charge in [-0.1, -0.05) is 276 Å². The van der Waals surface area contributed by atoms with Crippen molar-refractivity contribution >= 4 is 17.9 Å². The molecule has 0 amide bonds. The van der Waals surface area contributed by atoms with Gasteiger partial charge in [0.05, 0.1) is 0 Å². The fraction of sp³-hybridized carbons (Fsp3) is 0.653. The van der Waals surface area contributed by atoms with Crippen LogP contribution in [-0.2, 0) is 28.6 Å². The number of unbranched alkanes of at least 4 members (excludes halogenated alkanes) is 24. The summed E-state index contributed by atoms with van der Waals surface area (Å²) in [6, 6.07) is 0. The SMILES string of the molecule is CC/C=C\C/C=C\C/C=C\C/C=C\C/C=C\C/C=C\C/C=C\C/C=C\CCCCCCCCC(=O)OCC(COC(=O)CCCCCCCCCC)OC(=O)CCCCCCCC/C=C\C/C=C\C/C=C\CCCCCCC. The van der Waals surface area contributed by atoms with Gasteiger partial charge >= 0.3 is 17.9 Å². The van der Waals surface area contributed by atoms with Gasteiger partial charge < -0.3 is 14.2 Å². The summed E-state index contributed by atoms with van der Waals surface area (Å²) in [5.74, 6) is -0.922. The molecule has 0 aromatic rings. The van der Waals surface area contributed by atoms with Crippen molar-refractivity contribution in [2.75, 3.05) is 13.2 Å². The van der Waals surface area contributed by atoms with Crippen LogP contribution in [0.2, 0.25) is 0 Å². The van der Waals surface area contributed by atoms with Gasteiger partial charge in [-0.15, -0.1) is 0 Å². The molecule has 0 saturated carbocycles. The van der Waals surface area contributed by atoms with Gasteiger partial charge in [-0.25, -0.2) is 0 Å². The lowest BCUT2D eigenvalue weighted by Crippen LogP contribution is -2.30. The molecule has 0 N–H and O–H groups in total. The van der Waals surface area contributed by atoms with E-state index in [9.17, 15) is 14.4 Å². The third kappa shape index (κ3) is 62.4. The molecule has 6 nitrogen and oxygen atoms in total. The second kappa shape index (κ2) is 65.1. The first-order valence-corrected chi connectivity index (χ1v) is 32.2. The third-order valence-corrected chi connectivity index (χ3v) is 13.4. The molecule has 6 heteroatoms. The van der Waals surface area contributed by atoms with Crippen molar-refractivity contribution in [2.24, 2.45) is 0 Å². The third-order valence-electron chi connectivity index (χ3n) is 13.4. The van der Waals surface area contributed by atoms with E-state index in [0.29, 0.717) is 19.3 Å². The lowest BCUT2D eigenvalue weighted by atomic mass is 10.1. The minimum atomic E-state index is -0.794. The summed E-state index contributed by atoms with van der Waals surface area (Å²) in [5, 5.41) is 0. The number of hydrogen-bond donors (Lipinski definition) is 0. The maximum atomic E-state index is 12.9. The van der Waals surface area contributed by atoms with Crippen LogP contribution in [0.3, 0.4) is 0 Å². The lowest BCUT2D eigenvalue weighted by molar-refractivity contribution is -0.167. The molecule has 0 radical (unpaired) electrons. The molecule has 1 atom stereocenters. The molecular weight excluding hydrogens is 961 g/mol. The summed E-state index contributed by atoms with van der Waals surface area (Å²) >= 11 is 0. The van der Waals surface area contributed by atoms with E-state index in [0.717, 1.165) is 148 Å². The molecule has 0 aliphatic heterocycles. The number of carbonyl (C=O) groups excluding carboxylic acids is 3. The van der Waals surface area contributed by atoms with Gasteiger partial charge in [0.25, 0.3) is 0 Å². The van der Waals surface area contributed by atoms with E-state index < -0.39 is 6.10 Å². The highest BCUT2D eigenvalue weighted by Crippen LogP contribution is 2.14. The summed E-state index contributed by atoms with van der Waals surface area (Å²) in [5.41, 5.74) is 0. The molecular formula is C72H118O6. The Morgan fingerprint density at radius 1 is 0.269 bits per heavy atom. The van der Waals surface area contributed by atoms with Crippen molar-refractivity contribution in [1.82, 2.24) is 0 Å². The van der Waals surface area contributed by atoms with Gasteiger partial charge in [0.1, 0.15) is 13.2 Å². The molecule has 0 heterocycles. The molecule has 0 aliphatic carbocycles. The zero-order chi connectivity index (χ0) is 56.4. The first-order chi connectivity index (χ1) is 38.5. The Kier molecular flexibility index (Phi) is 61.4. The highest BCUT2D eigenvalue weighted by Gasteiger charge is 2.19. The highest BCUT2D eigenvalue weighted by molar-refractivity contribution is 5.71. The fourth-order valence-corrected chi connectivity index (χ4v) is 8.58. The van der Waals surface area contributed by atoms with E-state index in [-0.39, 0.29) is 31.1 Å². The van der Waals surface area contributed by atoms with Crippen molar-refractivity contribution in [3.8, 4) is 0 Å². The van der Waals surface area contributed by atoms with Gasteiger partial charge in [-0.05, 0) is 122 Å². The number of esters is 3. The Bertz CT molecular complexity index is 1670. The van der Waals surface area contributed by atoms with Crippen LogP contribution in [0, 0.1) is 0 Å². The topological polar surface area (TPSA) is 78.9 Å². The summed E-state index contributed by atoms with van der Waals surface area (Å²) in [6.07, 6.45) is 91.8. The quantitative estimate of drug-likeness (QED) is 0.0261. The standard InChI is InChI=1S/C72H118O6/c1-4-7-10-13-16-19-21-23-25-27-29-31-32-33-34-35-36-37-38-39-40-42-43-45-47-49-51-53-56-59-62-65-71(74)77-68-69(67-76-70(73)64-61-58-55-18-15-12-9-6-3)78-72(75)66-63-60-57-54-52-50-48-46-44-41-30-28-26-24-22-20-17-14-11-8-5-2/h7,10,16,19,22-25,28-31,33-34,36-37,39-40,43-46,69H,4-6,8-9,11-15,17-18,20-21,26-27,32,35,38,41-42,47-68H2,1-3H3/b10-7-,19-16-,24-22-,25-23-,30-28-,31-29-,34-33-,37-36-,40-39-,45-43-,46-44-. The summed E-state index contributed by atoms with van der Waals surface area (Å²) in [7, 11) is 0. The number of carbonyl (C=O) groups is 3. The minimum Gasteiger partial charge on any atom is -0.462 e. The average Bonchev–Trinajstić information content (AvgIpc) is 3.44. The molecule has 0 saturated heterocycles. The average molecular weight is 1080 g/mol. The Morgan fingerprint density at radius 2 is 0.500 bits per heavy atom. The fourth-order valence-electron chi connectivity index (χ4n) is 8.58. The maximum absolute atomic E-state index is 12.9. The Balaban J connectivity index is 4.26. The largest absolute Gasteiger partial charge is 0.462 e. The molecule has 0 aliphatic rings. The summed E-state index contributed by atoms with van der Waals surface area (Å²) in [6.45, 7) is 6.46. The van der Waals surface area contributed by atoms with Crippen LogP contribution in [0.25, 0.3) is 0 Å². The zero-order valence-electron chi connectivity index (χ0n) is 50.6. The van der Waals surface area contributed by atoms with E-state index in [2.05, 4.69) is 154 Å². The first-order valence-electron chi connectivity index (χ1n) is 32.2. The van der Waals surface area contributed by atoms with Crippen LogP contribution in [0.1, 0.15) is 284 Å². The van der Waals surface area contributed by atoms with Gasteiger partial charge in [-0.3, -0.25) is 14.4 Å². The summed E-state index contributed by atoms with van der Waals surface area (Å²) < 4.78 is 16.8. The van der Waals surface area contributed by atoms with E-state index >= 15 is 0 Å². The predicted octanol–water partition coefficient (Wildman–Crippen LogP) is 22.2. The highest BCUT2D eigenvalue weighted by atomic mass is 16.6. The van der Waals surface area contributed by atoms with Crippen molar-refractivity contribution in [1.29, 1.82) is 0 Å². The van der Waals surface area contributed by atoms with Crippen LogP contribution >= 0.6 is 0 Å². The normalized spacial score (nSPS) is 13.0. The van der Waals surface area contributed by atoms with Gasteiger partial charge in [0, 0.05) is 19.3 Å². The van der Waals surface area contributed by atoms with Crippen LogP contribution < -0.4 is 0 Å². The molecule has 1 unspecified atom stereocenters. The van der Waals surface area contributed by atoms with Gasteiger partial charge in [-0.2, -0.15) is 0 Å². The van der Waals surface area contributed by atoms with E-state index in [1.165, 1.54) is 96.3 Å². The van der Waals surface area contributed by atoms with Crippen LogP contribution in [0.4, 0.5) is 0 Å². The predicted molar refractivity (Wildman–Crippen MR) is 339 cm³/mol. The molecule has 0 bridgehead atoms. The van der Waals surface area contributed by atoms with Crippen molar-refractivity contribution < 1.29 is 28.6 Å².